The molecule has 12 nitrogen and oxygen atoms in total. The van der Waals surface area contributed by atoms with Crippen LogP contribution in [0.25, 0.3) is 0 Å². The van der Waals surface area contributed by atoms with E-state index in [1.54, 1.807) is 10.9 Å². The molecule has 3 atom stereocenters. The SMILES string of the molecule is NC(=O)N/N=C\C(=N/NC(N)=O)[C@H](O)[C@H](O)[C@H](O)CO. The molecule has 0 spiro atoms. The van der Waals surface area contributed by atoms with Gasteiger partial charge in [0.2, 0.25) is 0 Å². The van der Waals surface area contributed by atoms with Crippen LogP contribution in [0.2, 0.25) is 0 Å². The molecule has 0 aromatic rings. The number of nitrogens with two attached hydrogens (primary N) is 2. The van der Waals surface area contributed by atoms with Crippen LogP contribution < -0.4 is 22.3 Å². The number of aliphatic hydroxyl groups is 4. The highest BCUT2D eigenvalue weighted by Crippen LogP contribution is 2.01. The molecule has 0 aromatic carbocycles. The number of nitrogens with zero attached hydrogens (tertiary/aromatic N) is 2. The van der Waals surface area contributed by atoms with Crippen LogP contribution in [0.3, 0.4) is 0 Å². The van der Waals surface area contributed by atoms with Gasteiger partial charge >= 0.3 is 12.1 Å². The molecule has 0 saturated heterocycles. The summed E-state index contributed by atoms with van der Waals surface area (Å²) >= 11 is 0. The van der Waals surface area contributed by atoms with Crippen LogP contribution in [0, 0.1) is 0 Å². The molecule has 12 heteroatoms. The zero-order chi connectivity index (χ0) is 15.7. The fourth-order valence-electron chi connectivity index (χ4n) is 0.946. The van der Waals surface area contributed by atoms with Crippen molar-refractivity contribution >= 4 is 24.0 Å². The molecule has 0 radical (unpaired) electrons. The second-order valence-corrected chi connectivity index (χ2v) is 3.43. The van der Waals surface area contributed by atoms with E-state index in [1.807, 2.05) is 0 Å². The van der Waals surface area contributed by atoms with Crippen molar-refractivity contribution in [3.63, 3.8) is 0 Å². The first-order valence-electron chi connectivity index (χ1n) is 5.16. The summed E-state index contributed by atoms with van der Waals surface area (Å²) < 4.78 is 0. The number of carbonyl (C=O) groups excluding carboxylic acids is 2. The molecule has 20 heavy (non-hydrogen) atoms. The average molecular weight is 292 g/mol. The van der Waals surface area contributed by atoms with Crippen molar-refractivity contribution in [2.24, 2.45) is 21.7 Å². The third kappa shape index (κ3) is 6.60. The first kappa shape index (κ1) is 17.7. The van der Waals surface area contributed by atoms with E-state index in [1.165, 1.54) is 0 Å². The number of hydrogen-bond acceptors (Lipinski definition) is 8. The van der Waals surface area contributed by atoms with E-state index in [2.05, 4.69) is 10.2 Å². The summed E-state index contributed by atoms with van der Waals surface area (Å²) in [6.07, 6.45) is -4.57. The lowest BCUT2D eigenvalue weighted by Gasteiger charge is -2.21. The Balaban J connectivity index is 5.00. The number of amides is 4. The molecule has 0 saturated carbocycles. The molecule has 4 amide bonds. The summed E-state index contributed by atoms with van der Waals surface area (Å²) in [6, 6.07) is -2.07. The van der Waals surface area contributed by atoms with Crippen LogP contribution in [0.5, 0.6) is 0 Å². The van der Waals surface area contributed by atoms with Crippen molar-refractivity contribution in [1.29, 1.82) is 0 Å². The van der Waals surface area contributed by atoms with Crippen LogP contribution in [0.15, 0.2) is 10.2 Å². The van der Waals surface area contributed by atoms with Crippen LogP contribution >= 0.6 is 0 Å². The molecule has 0 aromatic heterocycles. The Morgan fingerprint density at radius 3 is 2.15 bits per heavy atom. The third-order valence-corrected chi connectivity index (χ3v) is 1.87. The Bertz CT molecular complexity index is 399. The van der Waals surface area contributed by atoms with Gasteiger partial charge in [-0.25, -0.2) is 20.4 Å². The second kappa shape index (κ2) is 8.76. The van der Waals surface area contributed by atoms with Crippen molar-refractivity contribution in [2.75, 3.05) is 6.61 Å². The van der Waals surface area contributed by atoms with Gasteiger partial charge in [0, 0.05) is 0 Å². The van der Waals surface area contributed by atoms with Crippen molar-refractivity contribution in [1.82, 2.24) is 10.9 Å². The van der Waals surface area contributed by atoms with Gasteiger partial charge in [-0.2, -0.15) is 10.2 Å². The van der Waals surface area contributed by atoms with E-state index < -0.39 is 42.7 Å². The lowest BCUT2D eigenvalue weighted by molar-refractivity contribution is -0.0549. The van der Waals surface area contributed by atoms with Gasteiger partial charge in [-0.3, -0.25) is 0 Å². The maximum atomic E-state index is 10.5. The Kier molecular flexibility index (Phi) is 7.76. The normalized spacial score (nSPS) is 16.5. The summed E-state index contributed by atoms with van der Waals surface area (Å²) in [5.74, 6) is 0. The molecule has 0 fully saturated rings. The first-order chi connectivity index (χ1) is 9.29. The summed E-state index contributed by atoms with van der Waals surface area (Å²) in [4.78, 5) is 20.9. The standard InChI is InChI=1S/C8H16N6O6/c9-7(19)13-11-1-3(12-14-8(10)20)5(17)6(18)4(16)2-15/h1,4-6,15-18H,2H2,(H3,9,13,19)(H3,10,14,20)/b11-1-,12-3+/t4-,5+,6-/m1/s1. The number of carbonyl (C=O) groups is 2. The highest BCUT2D eigenvalue weighted by Gasteiger charge is 2.28. The van der Waals surface area contributed by atoms with E-state index in [-0.39, 0.29) is 0 Å². The van der Waals surface area contributed by atoms with Gasteiger partial charge in [-0.1, -0.05) is 0 Å². The predicted octanol–water partition coefficient (Wildman–Crippen LogP) is -4.26. The smallest absolute Gasteiger partial charge is 0.332 e. The quantitative estimate of drug-likeness (QED) is 0.171. The average Bonchev–Trinajstić information content (AvgIpc) is 2.39. The number of nitrogens with one attached hydrogen (secondary N) is 2. The molecule has 0 aliphatic heterocycles. The van der Waals surface area contributed by atoms with E-state index in [4.69, 9.17) is 16.6 Å². The highest BCUT2D eigenvalue weighted by molar-refractivity contribution is 6.32. The largest absolute Gasteiger partial charge is 0.394 e. The van der Waals surface area contributed by atoms with Crippen LogP contribution in [-0.4, -0.2) is 69.3 Å². The van der Waals surface area contributed by atoms with Gasteiger partial charge in [0.25, 0.3) is 0 Å². The van der Waals surface area contributed by atoms with Crippen molar-refractivity contribution in [3.05, 3.63) is 0 Å². The van der Waals surface area contributed by atoms with Crippen molar-refractivity contribution in [2.45, 2.75) is 18.3 Å². The Morgan fingerprint density at radius 2 is 1.70 bits per heavy atom. The fraction of sp³-hybridized carbons (Fsp3) is 0.500. The monoisotopic (exact) mass is 292 g/mol. The van der Waals surface area contributed by atoms with E-state index in [9.17, 15) is 24.9 Å². The lowest BCUT2D eigenvalue weighted by atomic mass is 10.0. The zero-order valence-electron chi connectivity index (χ0n) is 10.2. The molecule has 114 valence electrons. The Hall–Kier alpha value is -2.28. The molecule has 0 aliphatic carbocycles. The lowest BCUT2D eigenvalue weighted by Crippen LogP contribution is -2.45. The molecule has 0 aliphatic rings. The predicted molar refractivity (Wildman–Crippen MR) is 66.5 cm³/mol. The van der Waals surface area contributed by atoms with Gasteiger partial charge in [-0.15, -0.1) is 0 Å². The maximum Gasteiger partial charge on any atom is 0.332 e. The maximum absolute atomic E-state index is 10.5. The number of rotatable bonds is 7. The van der Waals surface area contributed by atoms with Gasteiger partial charge in [0.15, 0.2) is 0 Å². The minimum Gasteiger partial charge on any atom is -0.394 e. The highest BCUT2D eigenvalue weighted by atomic mass is 16.4. The van der Waals surface area contributed by atoms with Gasteiger partial charge in [-0.05, 0) is 0 Å². The van der Waals surface area contributed by atoms with Crippen molar-refractivity contribution < 1.29 is 30.0 Å². The molecule has 10 N–H and O–H groups in total. The number of aliphatic hydroxyl groups excluding tert-OH is 4. The molecular weight excluding hydrogens is 276 g/mol. The fourth-order valence-corrected chi connectivity index (χ4v) is 0.946. The molecule has 0 heterocycles. The third-order valence-electron chi connectivity index (χ3n) is 1.87. The number of urea groups is 2. The summed E-state index contributed by atoms with van der Waals surface area (Å²) in [5.41, 5.74) is 12.6. The second-order valence-electron chi connectivity index (χ2n) is 3.43. The summed E-state index contributed by atoms with van der Waals surface area (Å²) in [5, 5.41) is 43.5. The Labute approximate surface area is 112 Å². The molecule has 0 bridgehead atoms. The van der Waals surface area contributed by atoms with Crippen molar-refractivity contribution in [3.8, 4) is 0 Å². The summed E-state index contributed by atoms with van der Waals surface area (Å²) in [7, 11) is 0. The van der Waals surface area contributed by atoms with Gasteiger partial charge < -0.3 is 31.9 Å². The van der Waals surface area contributed by atoms with Crippen LogP contribution in [0.4, 0.5) is 9.59 Å². The van der Waals surface area contributed by atoms with E-state index in [0.717, 1.165) is 6.21 Å². The van der Waals surface area contributed by atoms with Gasteiger partial charge in [0.05, 0.1) is 12.8 Å². The molecular formula is C8H16N6O6. The minimum atomic E-state index is -1.83. The summed E-state index contributed by atoms with van der Waals surface area (Å²) in [6.45, 7) is -0.828. The van der Waals surface area contributed by atoms with E-state index in [0.29, 0.717) is 0 Å². The molecule has 0 rings (SSSR count). The number of hydrazone groups is 2. The Morgan fingerprint density at radius 1 is 1.15 bits per heavy atom. The molecule has 0 unspecified atom stereocenters. The van der Waals surface area contributed by atoms with Gasteiger partial charge in [0.1, 0.15) is 24.0 Å². The van der Waals surface area contributed by atoms with E-state index >= 15 is 0 Å². The number of primary amides is 2. The zero-order valence-corrected chi connectivity index (χ0v) is 10.2. The number of hydrogen-bond donors (Lipinski definition) is 8. The minimum absolute atomic E-state index is 0.461. The topological polar surface area (TPSA) is 216 Å². The van der Waals surface area contributed by atoms with Crippen LogP contribution in [-0.2, 0) is 0 Å². The first-order valence-corrected chi connectivity index (χ1v) is 5.16. The van der Waals surface area contributed by atoms with Crippen LogP contribution in [0.1, 0.15) is 0 Å².